The van der Waals surface area contributed by atoms with Crippen LogP contribution in [0.3, 0.4) is 0 Å². The summed E-state index contributed by atoms with van der Waals surface area (Å²) in [5.74, 6) is 0.683. The van der Waals surface area contributed by atoms with Crippen molar-refractivity contribution in [3.63, 3.8) is 0 Å². The monoisotopic (exact) mass is 212 g/mol. The van der Waals surface area contributed by atoms with Crippen molar-refractivity contribution >= 4 is 23.1 Å². The van der Waals surface area contributed by atoms with Crippen molar-refractivity contribution in [2.45, 2.75) is 11.6 Å². The van der Waals surface area contributed by atoms with Crippen molar-refractivity contribution in [1.82, 2.24) is 10.1 Å². The maximum Gasteiger partial charge on any atom is 0.231 e. The minimum Gasteiger partial charge on any atom is -0.338 e. The molecule has 0 amide bonds. The summed E-state index contributed by atoms with van der Waals surface area (Å²) in [6.45, 7) is 0. The van der Waals surface area contributed by atoms with E-state index in [2.05, 4.69) is 21.6 Å². The van der Waals surface area contributed by atoms with Crippen LogP contribution < -0.4 is 0 Å². The van der Waals surface area contributed by atoms with Gasteiger partial charge in [-0.25, -0.2) is 0 Å². The number of aromatic nitrogens is 2. The number of thioether (sulfide) groups is 1. The molecule has 0 saturated heterocycles. The first-order chi connectivity index (χ1) is 6.38. The highest BCUT2D eigenvalue weighted by Crippen LogP contribution is 2.14. The second-order valence-electron chi connectivity index (χ2n) is 2.48. The van der Waals surface area contributed by atoms with E-state index in [9.17, 15) is 0 Å². The predicted molar refractivity (Wildman–Crippen MR) is 53.2 cm³/mol. The zero-order chi connectivity index (χ0) is 9.10. The molecule has 13 heavy (non-hydrogen) atoms. The summed E-state index contributed by atoms with van der Waals surface area (Å²) >= 11 is 3.17. The van der Waals surface area contributed by atoms with Gasteiger partial charge in [0, 0.05) is 0 Å². The standard InChI is InChI=1S/C8H8N2OS2/c1-12-8-9-7(11-10-8)4-6-2-3-13-5-6/h2-3,5H,4H2,1H3. The van der Waals surface area contributed by atoms with Crippen LogP contribution in [0.15, 0.2) is 26.5 Å². The third kappa shape index (κ3) is 2.10. The van der Waals surface area contributed by atoms with E-state index in [1.807, 2.05) is 11.6 Å². The molecule has 5 heteroatoms. The summed E-state index contributed by atoms with van der Waals surface area (Å²) in [4.78, 5) is 4.19. The molecule has 0 aliphatic carbocycles. The minimum absolute atomic E-state index is 0.683. The SMILES string of the molecule is CSc1noc(Cc2ccsc2)n1. The highest BCUT2D eigenvalue weighted by molar-refractivity contribution is 7.98. The summed E-state index contributed by atoms with van der Waals surface area (Å²) in [5.41, 5.74) is 1.22. The minimum atomic E-state index is 0.683. The van der Waals surface area contributed by atoms with Crippen LogP contribution in [0, 0.1) is 0 Å². The molecule has 2 rings (SSSR count). The first-order valence-corrected chi connectivity index (χ1v) is 5.93. The molecule has 0 bridgehead atoms. The van der Waals surface area contributed by atoms with Crippen molar-refractivity contribution in [3.05, 3.63) is 28.3 Å². The molecular weight excluding hydrogens is 204 g/mol. The third-order valence-electron chi connectivity index (χ3n) is 1.57. The molecule has 0 fully saturated rings. The van der Waals surface area contributed by atoms with Crippen LogP contribution in [0.2, 0.25) is 0 Å². The average Bonchev–Trinajstić information content (AvgIpc) is 2.76. The molecule has 0 radical (unpaired) electrons. The predicted octanol–water partition coefficient (Wildman–Crippen LogP) is 2.44. The molecule has 0 saturated carbocycles. The molecule has 2 heterocycles. The van der Waals surface area contributed by atoms with Crippen LogP contribution in [-0.2, 0) is 6.42 Å². The fourth-order valence-corrected chi connectivity index (χ4v) is 1.94. The van der Waals surface area contributed by atoms with Gasteiger partial charge in [0.15, 0.2) is 0 Å². The van der Waals surface area contributed by atoms with Gasteiger partial charge in [-0.15, -0.1) is 0 Å². The van der Waals surface area contributed by atoms with Gasteiger partial charge in [-0.05, 0) is 28.6 Å². The summed E-state index contributed by atoms with van der Waals surface area (Å²) < 4.78 is 5.05. The average molecular weight is 212 g/mol. The Morgan fingerprint density at radius 3 is 3.15 bits per heavy atom. The molecule has 0 unspecified atom stereocenters. The number of nitrogens with zero attached hydrogens (tertiary/aromatic N) is 2. The smallest absolute Gasteiger partial charge is 0.231 e. The molecule has 2 aromatic rings. The molecular formula is C8H8N2OS2. The zero-order valence-electron chi connectivity index (χ0n) is 7.06. The Morgan fingerprint density at radius 1 is 1.62 bits per heavy atom. The Kier molecular flexibility index (Phi) is 2.65. The second kappa shape index (κ2) is 3.93. The van der Waals surface area contributed by atoms with E-state index in [0.29, 0.717) is 11.0 Å². The van der Waals surface area contributed by atoms with E-state index in [1.54, 1.807) is 11.3 Å². The summed E-state index contributed by atoms with van der Waals surface area (Å²) in [5, 5.41) is 8.62. The highest BCUT2D eigenvalue weighted by Gasteiger charge is 2.05. The maximum atomic E-state index is 5.05. The lowest BCUT2D eigenvalue weighted by molar-refractivity contribution is 0.374. The highest BCUT2D eigenvalue weighted by atomic mass is 32.2. The molecule has 68 valence electrons. The van der Waals surface area contributed by atoms with E-state index < -0.39 is 0 Å². The Morgan fingerprint density at radius 2 is 2.54 bits per heavy atom. The maximum absolute atomic E-state index is 5.05. The fourth-order valence-electron chi connectivity index (χ4n) is 0.962. The summed E-state index contributed by atoms with van der Waals surface area (Å²) in [6.07, 6.45) is 2.66. The largest absolute Gasteiger partial charge is 0.338 e. The molecule has 0 aliphatic heterocycles. The van der Waals surface area contributed by atoms with Crippen molar-refractivity contribution < 1.29 is 4.52 Å². The number of hydrogen-bond donors (Lipinski definition) is 0. The zero-order valence-corrected chi connectivity index (χ0v) is 8.69. The van der Waals surface area contributed by atoms with Crippen LogP contribution in [0.4, 0.5) is 0 Å². The Bertz CT molecular complexity index is 369. The van der Waals surface area contributed by atoms with Crippen LogP contribution in [0.5, 0.6) is 0 Å². The van der Waals surface area contributed by atoms with Gasteiger partial charge in [-0.1, -0.05) is 16.9 Å². The van der Waals surface area contributed by atoms with E-state index in [0.717, 1.165) is 6.42 Å². The lowest BCUT2D eigenvalue weighted by atomic mass is 10.2. The summed E-state index contributed by atoms with van der Waals surface area (Å²) in [6, 6.07) is 2.06. The van der Waals surface area contributed by atoms with E-state index in [-0.39, 0.29) is 0 Å². The van der Waals surface area contributed by atoms with E-state index >= 15 is 0 Å². The second-order valence-corrected chi connectivity index (χ2v) is 4.04. The third-order valence-corrected chi connectivity index (χ3v) is 2.83. The first kappa shape index (κ1) is 8.77. The van der Waals surface area contributed by atoms with Gasteiger partial charge >= 0.3 is 0 Å². The lowest BCUT2D eigenvalue weighted by Crippen LogP contribution is -1.84. The first-order valence-electron chi connectivity index (χ1n) is 3.76. The summed E-state index contributed by atoms with van der Waals surface area (Å²) in [7, 11) is 0. The van der Waals surface area contributed by atoms with E-state index in [1.165, 1.54) is 17.3 Å². The van der Waals surface area contributed by atoms with Gasteiger partial charge in [0.05, 0.1) is 6.42 Å². The van der Waals surface area contributed by atoms with Gasteiger partial charge in [-0.3, -0.25) is 0 Å². The molecule has 0 aromatic carbocycles. The normalized spacial score (nSPS) is 10.5. The number of thiophene rings is 1. The molecule has 2 aromatic heterocycles. The van der Waals surface area contributed by atoms with Crippen LogP contribution in [0.1, 0.15) is 11.5 Å². The number of rotatable bonds is 3. The van der Waals surface area contributed by atoms with Crippen molar-refractivity contribution in [1.29, 1.82) is 0 Å². The van der Waals surface area contributed by atoms with Crippen LogP contribution in [-0.4, -0.2) is 16.4 Å². The van der Waals surface area contributed by atoms with Crippen molar-refractivity contribution in [3.8, 4) is 0 Å². The van der Waals surface area contributed by atoms with Crippen molar-refractivity contribution in [2.24, 2.45) is 0 Å². The quantitative estimate of drug-likeness (QED) is 0.732. The van der Waals surface area contributed by atoms with Gasteiger partial charge < -0.3 is 4.52 Å². The molecule has 0 N–H and O–H groups in total. The number of hydrogen-bond acceptors (Lipinski definition) is 5. The molecule has 0 spiro atoms. The Labute approximate surface area is 84.2 Å². The van der Waals surface area contributed by atoms with Gasteiger partial charge in [-0.2, -0.15) is 16.3 Å². The van der Waals surface area contributed by atoms with Gasteiger partial charge in [0.1, 0.15) is 0 Å². The Balaban J connectivity index is 2.10. The fraction of sp³-hybridized carbons (Fsp3) is 0.250. The van der Waals surface area contributed by atoms with Crippen LogP contribution in [0.25, 0.3) is 0 Å². The van der Waals surface area contributed by atoms with Gasteiger partial charge in [0.2, 0.25) is 11.0 Å². The van der Waals surface area contributed by atoms with Crippen LogP contribution >= 0.6 is 23.1 Å². The topological polar surface area (TPSA) is 38.9 Å². The van der Waals surface area contributed by atoms with Crippen molar-refractivity contribution in [2.75, 3.05) is 6.26 Å². The van der Waals surface area contributed by atoms with E-state index in [4.69, 9.17) is 4.52 Å². The molecule has 0 atom stereocenters. The molecule has 3 nitrogen and oxygen atoms in total. The Hall–Kier alpha value is -0.810. The van der Waals surface area contributed by atoms with Gasteiger partial charge in [0.25, 0.3) is 0 Å². The lowest BCUT2D eigenvalue weighted by Gasteiger charge is -1.87. The molecule has 0 aliphatic rings.